The molecule has 1 saturated heterocycles. The van der Waals surface area contributed by atoms with Gasteiger partial charge in [0.15, 0.2) is 11.5 Å². The van der Waals surface area contributed by atoms with Crippen LogP contribution in [0.15, 0.2) is 48.7 Å². The Labute approximate surface area is 142 Å². The zero-order valence-electron chi connectivity index (χ0n) is 13.9. The van der Waals surface area contributed by atoms with Gasteiger partial charge in [-0.15, -0.1) is 0 Å². The maximum absolute atomic E-state index is 12.4. The highest BCUT2D eigenvalue weighted by Crippen LogP contribution is 2.29. The van der Waals surface area contributed by atoms with Gasteiger partial charge in [0, 0.05) is 32.1 Å². The molecule has 2 aromatic rings. The number of amides is 1. The number of ether oxygens (including phenoxy) is 2. The number of hydrogen-bond donors (Lipinski definition) is 0. The van der Waals surface area contributed by atoms with Gasteiger partial charge < -0.3 is 14.4 Å². The third kappa shape index (κ3) is 3.85. The molecule has 2 heterocycles. The lowest BCUT2D eigenvalue weighted by atomic mass is 10.1. The number of aromatic nitrogens is 1. The van der Waals surface area contributed by atoms with E-state index in [4.69, 9.17) is 9.47 Å². The molecule has 0 N–H and O–H groups in total. The van der Waals surface area contributed by atoms with Crippen molar-refractivity contribution in [2.75, 3.05) is 19.7 Å². The average molecular weight is 326 g/mol. The maximum Gasteiger partial charge on any atom is 0.272 e. The van der Waals surface area contributed by atoms with Crippen molar-refractivity contribution in [1.29, 1.82) is 0 Å². The summed E-state index contributed by atoms with van der Waals surface area (Å²) < 4.78 is 11.7. The topological polar surface area (TPSA) is 51.7 Å². The Kier molecular flexibility index (Phi) is 5.31. The number of para-hydroxylation sites is 2. The fourth-order valence-electron chi connectivity index (χ4n) is 2.83. The summed E-state index contributed by atoms with van der Waals surface area (Å²) in [6, 6.07) is 13.1. The molecule has 0 radical (unpaired) electrons. The lowest BCUT2D eigenvalue weighted by molar-refractivity contribution is 0.0584. The number of likely N-dealkylation sites (tertiary alicyclic amines) is 1. The molecule has 0 atom stereocenters. The van der Waals surface area contributed by atoms with Gasteiger partial charge in [0.1, 0.15) is 11.8 Å². The largest absolute Gasteiger partial charge is 0.490 e. The van der Waals surface area contributed by atoms with E-state index in [-0.39, 0.29) is 12.0 Å². The third-order valence-electron chi connectivity index (χ3n) is 4.06. The molecular weight excluding hydrogens is 304 g/mol. The predicted molar refractivity (Wildman–Crippen MR) is 91.4 cm³/mol. The van der Waals surface area contributed by atoms with Crippen LogP contribution in [-0.4, -0.2) is 41.6 Å². The van der Waals surface area contributed by atoms with Crippen molar-refractivity contribution in [1.82, 2.24) is 9.88 Å². The van der Waals surface area contributed by atoms with Crippen molar-refractivity contribution in [3.05, 3.63) is 54.4 Å². The molecule has 0 aliphatic carbocycles. The molecule has 0 bridgehead atoms. The molecule has 0 saturated carbocycles. The minimum Gasteiger partial charge on any atom is -0.490 e. The van der Waals surface area contributed by atoms with E-state index in [1.807, 2.05) is 48.2 Å². The first kappa shape index (κ1) is 16.3. The van der Waals surface area contributed by atoms with Gasteiger partial charge in [-0.2, -0.15) is 0 Å². The van der Waals surface area contributed by atoms with Crippen LogP contribution in [0.25, 0.3) is 0 Å². The lowest BCUT2D eigenvalue weighted by Crippen LogP contribution is -2.42. The molecule has 0 unspecified atom stereocenters. The number of nitrogens with zero attached hydrogens (tertiary/aromatic N) is 2. The summed E-state index contributed by atoms with van der Waals surface area (Å²) in [5.74, 6) is 1.53. The van der Waals surface area contributed by atoms with Gasteiger partial charge >= 0.3 is 0 Å². The molecule has 1 aliphatic rings. The van der Waals surface area contributed by atoms with Gasteiger partial charge in [-0.1, -0.05) is 18.2 Å². The van der Waals surface area contributed by atoms with Crippen LogP contribution in [0.1, 0.15) is 30.3 Å². The zero-order chi connectivity index (χ0) is 16.8. The molecule has 126 valence electrons. The molecule has 1 aromatic heterocycles. The van der Waals surface area contributed by atoms with E-state index in [0.717, 1.165) is 24.3 Å². The van der Waals surface area contributed by atoms with Crippen molar-refractivity contribution in [3.63, 3.8) is 0 Å². The number of benzene rings is 1. The van der Waals surface area contributed by atoms with Crippen LogP contribution in [0.3, 0.4) is 0 Å². The fraction of sp³-hybridized carbons (Fsp3) is 0.368. The van der Waals surface area contributed by atoms with Gasteiger partial charge in [0.2, 0.25) is 0 Å². The quantitative estimate of drug-likeness (QED) is 0.847. The summed E-state index contributed by atoms with van der Waals surface area (Å²) in [5.41, 5.74) is 0.499. The number of piperidine rings is 1. The highest BCUT2D eigenvalue weighted by molar-refractivity contribution is 5.92. The van der Waals surface area contributed by atoms with E-state index < -0.39 is 0 Å². The van der Waals surface area contributed by atoms with Gasteiger partial charge in [0.25, 0.3) is 5.91 Å². The van der Waals surface area contributed by atoms with Crippen LogP contribution in [0.5, 0.6) is 11.5 Å². The summed E-state index contributed by atoms with van der Waals surface area (Å²) in [6.07, 6.45) is 3.35. The van der Waals surface area contributed by atoms with Crippen molar-refractivity contribution in [2.24, 2.45) is 0 Å². The monoisotopic (exact) mass is 326 g/mol. The number of rotatable bonds is 5. The summed E-state index contributed by atoms with van der Waals surface area (Å²) >= 11 is 0. The van der Waals surface area contributed by atoms with Crippen LogP contribution >= 0.6 is 0 Å². The van der Waals surface area contributed by atoms with E-state index in [9.17, 15) is 4.79 Å². The second-order valence-electron chi connectivity index (χ2n) is 5.70. The molecule has 1 aromatic carbocycles. The lowest BCUT2D eigenvalue weighted by Gasteiger charge is -2.32. The predicted octanol–water partition coefficient (Wildman–Crippen LogP) is 3.16. The molecule has 1 fully saturated rings. The van der Waals surface area contributed by atoms with Gasteiger partial charge in [0.05, 0.1) is 6.61 Å². The maximum atomic E-state index is 12.4. The first-order valence-corrected chi connectivity index (χ1v) is 8.36. The Bertz CT molecular complexity index is 667. The number of carbonyl (C=O) groups excluding carboxylic acids is 1. The second kappa shape index (κ2) is 7.81. The molecule has 5 nitrogen and oxygen atoms in total. The normalized spacial score (nSPS) is 15.1. The van der Waals surface area contributed by atoms with Crippen LogP contribution in [0, 0.1) is 0 Å². The van der Waals surface area contributed by atoms with Crippen LogP contribution < -0.4 is 9.47 Å². The van der Waals surface area contributed by atoms with Crippen molar-refractivity contribution < 1.29 is 14.3 Å². The molecule has 1 amide bonds. The van der Waals surface area contributed by atoms with Gasteiger partial charge in [-0.05, 0) is 31.2 Å². The van der Waals surface area contributed by atoms with Crippen LogP contribution in [0.4, 0.5) is 0 Å². The van der Waals surface area contributed by atoms with E-state index in [1.54, 1.807) is 12.3 Å². The average Bonchev–Trinajstić information content (AvgIpc) is 2.64. The molecular formula is C19H22N2O3. The Hall–Kier alpha value is -2.56. The smallest absolute Gasteiger partial charge is 0.272 e. The molecule has 3 rings (SSSR count). The Balaban J connectivity index is 1.57. The van der Waals surface area contributed by atoms with E-state index in [2.05, 4.69) is 4.98 Å². The van der Waals surface area contributed by atoms with E-state index >= 15 is 0 Å². The van der Waals surface area contributed by atoms with E-state index in [1.165, 1.54) is 0 Å². The number of hydrogen-bond acceptors (Lipinski definition) is 4. The molecule has 0 spiro atoms. The minimum absolute atomic E-state index is 0.0104. The highest BCUT2D eigenvalue weighted by Gasteiger charge is 2.25. The Morgan fingerprint density at radius 2 is 1.83 bits per heavy atom. The van der Waals surface area contributed by atoms with Crippen LogP contribution in [-0.2, 0) is 0 Å². The number of carbonyl (C=O) groups is 1. The standard InChI is InChI=1S/C19H22N2O3/c1-2-23-17-8-3-4-9-18(17)24-15-10-13-21(14-11-15)19(22)16-7-5-6-12-20-16/h3-9,12,15H,2,10-11,13-14H2,1H3. The first-order chi connectivity index (χ1) is 11.8. The molecule has 1 aliphatic heterocycles. The highest BCUT2D eigenvalue weighted by atomic mass is 16.5. The SMILES string of the molecule is CCOc1ccccc1OC1CCN(C(=O)c2ccccn2)CC1. The Morgan fingerprint density at radius 1 is 1.12 bits per heavy atom. The summed E-state index contributed by atoms with van der Waals surface area (Å²) in [6.45, 7) is 3.92. The van der Waals surface area contributed by atoms with Crippen molar-refractivity contribution >= 4 is 5.91 Å². The number of pyridine rings is 1. The van der Waals surface area contributed by atoms with Crippen molar-refractivity contribution in [2.45, 2.75) is 25.9 Å². The van der Waals surface area contributed by atoms with Gasteiger partial charge in [-0.3, -0.25) is 9.78 Å². The summed E-state index contributed by atoms with van der Waals surface area (Å²) in [5, 5.41) is 0. The third-order valence-corrected chi connectivity index (χ3v) is 4.06. The summed E-state index contributed by atoms with van der Waals surface area (Å²) in [7, 11) is 0. The first-order valence-electron chi connectivity index (χ1n) is 8.36. The molecule has 5 heteroatoms. The Morgan fingerprint density at radius 3 is 2.50 bits per heavy atom. The second-order valence-corrected chi connectivity index (χ2v) is 5.70. The summed E-state index contributed by atoms with van der Waals surface area (Å²) in [4.78, 5) is 18.4. The molecule has 24 heavy (non-hydrogen) atoms. The van der Waals surface area contributed by atoms with E-state index in [0.29, 0.717) is 25.4 Å². The zero-order valence-corrected chi connectivity index (χ0v) is 13.9. The minimum atomic E-state index is -0.0104. The van der Waals surface area contributed by atoms with Crippen molar-refractivity contribution in [3.8, 4) is 11.5 Å². The van der Waals surface area contributed by atoms with Gasteiger partial charge in [-0.25, -0.2) is 0 Å². The fourth-order valence-corrected chi connectivity index (χ4v) is 2.83. The van der Waals surface area contributed by atoms with Crippen LogP contribution in [0.2, 0.25) is 0 Å².